The number of carbonyl (C=O) groups is 1. The average molecular weight is 337 g/mol. The number of nitrogens with one attached hydrogen (secondary N) is 1. The Labute approximate surface area is 145 Å². The predicted octanol–water partition coefficient (Wildman–Crippen LogP) is 3.37. The third-order valence-corrected chi connectivity index (χ3v) is 4.26. The smallest absolute Gasteiger partial charge is 0.224 e. The van der Waals surface area contributed by atoms with Crippen LogP contribution in [-0.4, -0.2) is 19.1 Å². The Morgan fingerprint density at radius 1 is 1.08 bits per heavy atom. The van der Waals surface area contributed by atoms with E-state index in [9.17, 15) is 4.79 Å². The maximum Gasteiger partial charge on any atom is 0.224 e. The van der Waals surface area contributed by atoms with Gasteiger partial charge in [-0.2, -0.15) is 0 Å². The number of rotatable bonds is 4. The zero-order chi connectivity index (χ0) is 17.2. The minimum absolute atomic E-state index is 0.0434. The molecular weight excluding hydrogens is 318 g/mol. The Bertz CT molecular complexity index is 929. The van der Waals surface area contributed by atoms with E-state index in [1.54, 1.807) is 6.26 Å². The van der Waals surface area contributed by atoms with Gasteiger partial charge in [0.2, 0.25) is 5.91 Å². The Hall–Kier alpha value is -2.95. The molecule has 0 atom stereocenters. The quantitative estimate of drug-likeness (QED) is 0.793. The molecule has 0 aliphatic carbocycles. The van der Waals surface area contributed by atoms with E-state index in [4.69, 9.17) is 13.9 Å². The van der Waals surface area contributed by atoms with Crippen molar-refractivity contribution in [3.63, 3.8) is 0 Å². The van der Waals surface area contributed by atoms with E-state index in [0.717, 1.165) is 39.2 Å². The van der Waals surface area contributed by atoms with E-state index in [1.165, 1.54) is 0 Å². The minimum Gasteiger partial charge on any atom is -0.486 e. The number of carbonyl (C=O) groups excluding carboxylic acids is 1. The Morgan fingerprint density at radius 3 is 2.80 bits per heavy atom. The standard InChI is InChI=1S/C20H19NO4/c1-13-2-4-16-15(12-25-18(16)8-13)10-20(22)21-11-14-3-5-17-19(9-14)24-7-6-23-17/h2-5,8-9,12H,6-7,10-11H2,1H3,(H,21,22). The number of hydrogen-bond donors (Lipinski definition) is 1. The summed E-state index contributed by atoms with van der Waals surface area (Å²) in [6, 6.07) is 11.7. The van der Waals surface area contributed by atoms with E-state index >= 15 is 0 Å². The first kappa shape index (κ1) is 15.6. The van der Waals surface area contributed by atoms with Crippen LogP contribution < -0.4 is 14.8 Å². The van der Waals surface area contributed by atoms with E-state index < -0.39 is 0 Å². The number of furan rings is 1. The summed E-state index contributed by atoms with van der Waals surface area (Å²) in [6.45, 7) is 3.59. The van der Waals surface area contributed by atoms with Crippen molar-refractivity contribution in [2.75, 3.05) is 13.2 Å². The number of aryl methyl sites for hydroxylation is 1. The predicted molar refractivity (Wildman–Crippen MR) is 93.9 cm³/mol. The van der Waals surface area contributed by atoms with Crippen molar-refractivity contribution in [2.45, 2.75) is 19.9 Å². The highest BCUT2D eigenvalue weighted by Gasteiger charge is 2.13. The molecule has 0 radical (unpaired) electrons. The average Bonchev–Trinajstić information content (AvgIpc) is 3.01. The van der Waals surface area contributed by atoms with Gasteiger partial charge in [0.15, 0.2) is 11.5 Å². The number of hydrogen-bond acceptors (Lipinski definition) is 4. The molecule has 5 heteroatoms. The van der Waals surface area contributed by atoms with E-state index in [-0.39, 0.29) is 5.91 Å². The van der Waals surface area contributed by atoms with Crippen LogP contribution in [0.2, 0.25) is 0 Å². The van der Waals surface area contributed by atoms with Crippen molar-refractivity contribution >= 4 is 16.9 Å². The van der Waals surface area contributed by atoms with E-state index in [1.807, 2.05) is 43.3 Å². The highest BCUT2D eigenvalue weighted by atomic mass is 16.6. The van der Waals surface area contributed by atoms with Crippen molar-refractivity contribution < 1.29 is 18.7 Å². The second-order valence-electron chi connectivity index (χ2n) is 6.19. The highest BCUT2D eigenvalue weighted by molar-refractivity contribution is 5.87. The molecule has 1 aliphatic rings. The molecule has 1 N–H and O–H groups in total. The first-order valence-corrected chi connectivity index (χ1v) is 8.31. The molecule has 2 aromatic carbocycles. The second kappa shape index (κ2) is 6.51. The molecule has 0 bridgehead atoms. The molecule has 3 aromatic rings. The van der Waals surface area contributed by atoms with Crippen molar-refractivity contribution in [1.29, 1.82) is 0 Å². The van der Waals surface area contributed by atoms with Crippen LogP contribution in [-0.2, 0) is 17.8 Å². The number of fused-ring (bicyclic) bond motifs is 2. The van der Waals surface area contributed by atoms with Crippen LogP contribution in [0.1, 0.15) is 16.7 Å². The molecule has 0 saturated heterocycles. The highest BCUT2D eigenvalue weighted by Crippen LogP contribution is 2.30. The van der Waals surface area contributed by atoms with Gasteiger partial charge in [-0.05, 0) is 36.2 Å². The molecule has 0 unspecified atom stereocenters. The van der Waals surface area contributed by atoms with Gasteiger partial charge in [-0.3, -0.25) is 4.79 Å². The van der Waals surface area contributed by atoms with Crippen LogP contribution in [0.3, 0.4) is 0 Å². The molecule has 128 valence electrons. The molecule has 2 heterocycles. The zero-order valence-electron chi connectivity index (χ0n) is 14.0. The molecule has 0 fully saturated rings. The molecule has 1 aliphatic heterocycles. The van der Waals surface area contributed by atoms with E-state index in [2.05, 4.69) is 5.32 Å². The van der Waals surface area contributed by atoms with Crippen LogP contribution in [0.15, 0.2) is 47.1 Å². The second-order valence-corrected chi connectivity index (χ2v) is 6.19. The lowest BCUT2D eigenvalue weighted by Gasteiger charge is -2.18. The molecule has 4 rings (SSSR count). The Morgan fingerprint density at radius 2 is 1.92 bits per heavy atom. The molecule has 5 nitrogen and oxygen atoms in total. The van der Waals surface area contributed by atoms with Crippen LogP contribution in [0.5, 0.6) is 11.5 Å². The van der Waals surface area contributed by atoms with Crippen molar-refractivity contribution in [3.8, 4) is 11.5 Å². The van der Waals surface area contributed by atoms with Gasteiger partial charge in [0.1, 0.15) is 18.8 Å². The molecular formula is C20H19NO4. The SMILES string of the molecule is Cc1ccc2c(CC(=O)NCc3ccc4c(c3)OCCO4)coc2c1. The topological polar surface area (TPSA) is 60.7 Å². The third kappa shape index (κ3) is 3.31. The minimum atomic E-state index is -0.0434. The van der Waals surface area contributed by atoms with Crippen molar-refractivity contribution in [2.24, 2.45) is 0 Å². The number of amides is 1. The molecule has 1 aromatic heterocycles. The fraction of sp³-hybridized carbons (Fsp3) is 0.250. The van der Waals surface area contributed by atoms with Gasteiger partial charge in [-0.25, -0.2) is 0 Å². The van der Waals surface area contributed by atoms with Crippen LogP contribution >= 0.6 is 0 Å². The summed E-state index contributed by atoms with van der Waals surface area (Å²) in [5.74, 6) is 1.44. The van der Waals surface area contributed by atoms with E-state index in [0.29, 0.717) is 26.2 Å². The summed E-state index contributed by atoms with van der Waals surface area (Å²) in [5, 5.41) is 3.93. The number of benzene rings is 2. The van der Waals surface area contributed by atoms with Crippen LogP contribution in [0.25, 0.3) is 11.0 Å². The molecule has 0 saturated carbocycles. The maximum absolute atomic E-state index is 12.3. The largest absolute Gasteiger partial charge is 0.486 e. The van der Waals surface area contributed by atoms with Crippen molar-refractivity contribution in [1.82, 2.24) is 5.32 Å². The Kier molecular flexibility index (Phi) is 4.06. The third-order valence-electron chi connectivity index (χ3n) is 4.26. The first-order valence-electron chi connectivity index (χ1n) is 8.31. The summed E-state index contributed by atoms with van der Waals surface area (Å²) in [4.78, 5) is 12.3. The van der Waals surface area contributed by atoms with Gasteiger partial charge >= 0.3 is 0 Å². The summed E-state index contributed by atoms with van der Waals surface area (Å²) in [5.41, 5.74) is 3.83. The normalized spacial score (nSPS) is 13.0. The zero-order valence-corrected chi connectivity index (χ0v) is 14.0. The lowest BCUT2D eigenvalue weighted by molar-refractivity contribution is -0.120. The van der Waals surface area contributed by atoms with Crippen LogP contribution in [0.4, 0.5) is 0 Å². The van der Waals surface area contributed by atoms with Crippen molar-refractivity contribution in [3.05, 3.63) is 59.4 Å². The lowest BCUT2D eigenvalue weighted by atomic mass is 10.1. The monoisotopic (exact) mass is 337 g/mol. The summed E-state index contributed by atoms with van der Waals surface area (Å²) in [7, 11) is 0. The Balaban J connectivity index is 1.40. The van der Waals surface area contributed by atoms with Gasteiger partial charge in [-0.15, -0.1) is 0 Å². The fourth-order valence-electron chi connectivity index (χ4n) is 2.96. The van der Waals surface area contributed by atoms with Crippen LogP contribution in [0, 0.1) is 6.92 Å². The molecule has 0 spiro atoms. The van der Waals surface area contributed by atoms with Gasteiger partial charge in [0.25, 0.3) is 0 Å². The van der Waals surface area contributed by atoms with Gasteiger partial charge in [0.05, 0.1) is 12.7 Å². The fourth-order valence-corrected chi connectivity index (χ4v) is 2.96. The first-order chi connectivity index (χ1) is 12.2. The number of ether oxygens (including phenoxy) is 2. The molecule has 1 amide bonds. The van der Waals surface area contributed by atoms with Gasteiger partial charge < -0.3 is 19.2 Å². The summed E-state index contributed by atoms with van der Waals surface area (Å²) in [6.07, 6.45) is 1.95. The maximum atomic E-state index is 12.3. The van der Waals surface area contributed by atoms with Gasteiger partial charge in [-0.1, -0.05) is 18.2 Å². The lowest BCUT2D eigenvalue weighted by Crippen LogP contribution is -2.24. The summed E-state index contributed by atoms with van der Waals surface area (Å²) >= 11 is 0. The van der Waals surface area contributed by atoms with Gasteiger partial charge in [0, 0.05) is 17.5 Å². The summed E-state index contributed by atoms with van der Waals surface area (Å²) < 4.78 is 16.6. The molecule has 25 heavy (non-hydrogen) atoms.